The number of nitrogens with zero attached hydrogens (tertiary/aromatic N) is 2. The molecule has 0 saturated carbocycles. The summed E-state index contributed by atoms with van der Waals surface area (Å²) in [5, 5.41) is 2.40. The van der Waals surface area contributed by atoms with E-state index in [-0.39, 0.29) is 34.7 Å². The number of hydrogen-bond acceptors (Lipinski definition) is 5. The summed E-state index contributed by atoms with van der Waals surface area (Å²) in [6, 6.07) is 9.37. The Morgan fingerprint density at radius 3 is 2.54 bits per heavy atom. The van der Waals surface area contributed by atoms with E-state index in [0.29, 0.717) is 5.56 Å². The molecule has 3 rings (SSSR count). The summed E-state index contributed by atoms with van der Waals surface area (Å²) in [6.45, 7) is 0.167. The van der Waals surface area contributed by atoms with Gasteiger partial charge in [-0.2, -0.15) is 13.2 Å². The highest BCUT2D eigenvalue weighted by Gasteiger charge is 2.34. The van der Waals surface area contributed by atoms with Crippen LogP contribution in [0.15, 0.2) is 58.3 Å². The number of furan rings is 1. The van der Waals surface area contributed by atoms with E-state index in [0.717, 1.165) is 17.8 Å². The molecule has 10 heteroatoms. The van der Waals surface area contributed by atoms with Crippen LogP contribution in [-0.4, -0.2) is 21.6 Å². The normalized spacial score (nSPS) is 11.4. The third-order valence-electron chi connectivity index (χ3n) is 3.50. The zero-order valence-corrected chi connectivity index (χ0v) is 15.0. The number of carbonyl (C=O) groups is 1. The van der Waals surface area contributed by atoms with Crippen molar-refractivity contribution in [3.05, 3.63) is 65.8 Å². The molecule has 1 amide bonds. The number of rotatable bonds is 6. The second kappa shape index (κ2) is 8.42. The average Bonchev–Trinajstić information content (AvgIpc) is 3.20. The highest BCUT2D eigenvalue weighted by atomic mass is 32.2. The number of carbonyl (C=O) groups excluding carboxylic acids is 1. The van der Waals surface area contributed by atoms with Crippen LogP contribution < -0.4 is 5.32 Å². The maximum Gasteiger partial charge on any atom is 0.433 e. The van der Waals surface area contributed by atoms with Gasteiger partial charge in [-0.1, -0.05) is 23.9 Å². The lowest BCUT2D eigenvalue weighted by molar-refractivity contribution is -0.141. The van der Waals surface area contributed by atoms with Crippen LogP contribution in [0.3, 0.4) is 0 Å². The molecule has 5 nitrogen and oxygen atoms in total. The Kier molecular flexibility index (Phi) is 5.98. The predicted molar refractivity (Wildman–Crippen MR) is 93.7 cm³/mol. The summed E-state index contributed by atoms with van der Waals surface area (Å²) in [5.74, 6) is -0.829. The van der Waals surface area contributed by atoms with Crippen LogP contribution in [0.25, 0.3) is 11.5 Å². The minimum Gasteiger partial charge on any atom is -0.463 e. The lowest BCUT2D eigenvalue weighted by atomic mass is 10.2. The van der Waals surface area contributed by atoms with Gasteiger partial charge in [0.25, 0.3) is 0 Å². The number of benzene rings is 1. The minimum absolute atomic E-state index is 0.0263. The first-order valence-corrected chi connectivity index (χ1v) is 8.94. The van der Waals surface area contributed by atoms with E-state index in [9.17, 15) is 22.4 Å². The molecular formula is C18H13F4N3O2S. The van der Waals surface area contributed by atoms with E-state index < -0.39 is 17.8 Å². The number of halogens is 4. The molecule has 0 unspecified atom stereocenters. The molecule has 3 aromatic rings. The van der Waals surface area contributed by atoms with Crippen molar-refractivity contribution >= 4 is 17.7 Å². The molecule has 2 heterocycles. The van der Waals surface area contributed by atoms with E-state index in [1.807, 2.05) is 0 Å². The third kappa shape index (κ3) is 5.32. The van der Waals surface area contributed by atoms with E-state index in [1.165, 1.54) is 42.7 Å². The third-order valence-corrected chi connectivity index (χ3v) is 4.35. The number of nitrogens with one attached hydrogen (secondary N) is 1. The van der Waals surface area contributed by atoms with Crippen molar-refractivity contribution in [2.45, 2.75) is 17.9 Å². The largest absolute Gasteiger partial charge is 0.463 e. The number of aromatic nitrogens is 2. The fourth-order valence-corrected chi connectivity index (χ4v) is 2.86. The highest BCUT2D eigenvalue weighted by molar-refractivity contribution is 7.99. The van der Waals surface area contributed by atoms with Gasteiger partial charge < -0.3 is 9.73 Å². The van der Waals surface area contributed by atoms with Crippen LogP contribution in [0.2, 0.25) is 0 Å². The molecule has 0 aliphatic carbocycles. The molecule has 0 radical (unpaired) electrons. The highest BCUT2D eigenvalue weighted by Crippen LogP contribution is 2.32. The lowest BCUT2D eigenvalue weighted by Gasteiger charge is -2.09. The molecule has 1 aromatic carbocycles. The Morgan fingerprint density at radius 2 is 1.89 bits per heavy atom. The molecule has 2 aromatic heterocycles. The van der Waals surface area contributed by atoms with E-state index in [2.05, 4.69) is 15.3 Å². The maximum absolute atomic E-state index is 13.1. The van der Waals surface area contributed by atoms with E-state index in [1.54, 1.807) is 0 Å². The van der Waals surface area contributed by atoms with Gasteiger partial charge in [-0.05, 0) is 35.9 Å². The molecule has 0 atom stereocenters. The van der Waals surface area contributed by atoms with Gasteiger partial charge in [-0.25, -0.2) is 14.4 Å². The Balaban J connectivity index is 1.66. The quantitative estimate of drug-likeness (QED) is 0.372. The van der Waals surface area contributed by atoms with Gasteiger partial charge in [0.1, 0.15) is 17.2 Å². The van der Waals surface area contributed by atoms with Gasteiger partial charge >= 0.3 is 6.18 Å². The van der Waals surface area contributed by atoms with Crippen molar-refractivity contribution in [1.82, 2.24) is 15.3 Å². The molecule has 0 aliphatic heterocycles. The van der Waals surface area contributed by atoms with Crippen LogP contribution >= 0.6 is 11.8 Å². The van der Waals surface area contributed by atoms with Gasteiger partial charge in [-0.3, -0.25) is 4.79 Å². The van der Waals surface area contributed by atoms with Crippen LogP contribution in [0.1, 0.15) is 11.3 Å². The molecule has 0 fully saturated rings. The summed E-state index contributed by atoms with van der Waals surface area (Å²) >= 11 is 0.772. The van der Waals surface area contributed by atoms with Crippen molar-refractivity contribution < 1.29 is 26.8 Å². The Morgan fingerprint density at radius 1 is 1.14 bits per heavy atom. The summed E-state index contributed by atoms with van der Waals surface area (Å²) in [7, 11) is 0. The predicted octanol–water partition coefficient (Wildman–Crippen LogP) is 4.30. The average molecular weight is 411 g/mol. The van der Waals surface area contributed by atoms with Crippen LogP contribution in [0, 0.1) is 5.82 Å². The number of alkyl halides is 3. The monoisotopic (exact) mass is 411 g/mol. The Hall–Kier alpha value is -2.88. The summed E-state index contributed by atoms with van der Waals surface area (Å²) in [5.41, 5.74) is -0.458. The Labute approximate surface area is 161 Å². The molecule has 146 valence electrons. The van der Waals surface area contributed by atoms with Crippen LogP contribution in [0.4, 0.5) is 17.6 Å². The summed E-state index contributed by atoms with van der Waals surface area (Å²) in [6.07, 6.45) is -3.34. The van der Waals surface area contributed by atoms with E-state index >= 15 is 0 Å². The van der Waals surface area contributed by atoms with Crippen LogP contribution in [-0.2, 0) is 17.5 Å². The fraction of sp³-hybridized carbons (Fsp3) is 0.167. The first-order chi connectivity index (χ1) is 13.3. The second-order valence-electron chi connectivity index (χ2n) is 5.59. The summed E-state index contributed by atoms with van der Waals surface area (Å²) < 4.78 is 57.2. The zero-order chi connectivity index (χ0) is 20.1. The van der Waals surface area contributed by atoms with Gasteiger partial charge in [0, 0.05) is 6.54 Å². The zero-order valence-electron chi connectivity index (χ0n) is 14.2. The van der Waals surface area contributed by atoms with Gasteiger partial charge in [0.2, 0.25) is 5.91 Å². The topological polar surface area (TPSA) is 68.0 Å². The molecule has 1 N–H and O–H groups in total. The first-order valence-electron chi connectivity index (χ1n) is 7.95. The molecule has 0 saturated heterocycles. The van der Waals surface area contributed by atoms with E-state index in [4.69, 9.17) is 4.42 Å². The van der Waals surface area contributed by atoms with Crippen molar-refractivity contribution in [1.29, 1.82) is 0 Å². The van der Waals surface area contributed by atoms with Crippen LogP contribution in [0.5, 0.6) is 0 Å². The van der Waals surface area contributed by atoms with Crippen molar-refractivity contribution in [2.24, 2.45) is 0 Å². The first kappa shape index (κ1) is 19.9. The molecular weight excluding hydrogens is 398 g/mol. The lowest BCUT2D eigenvalue weighted by Crippen LogP contribution is -2.24. The van der Waals surface area contributed by atoms with Gasteiger partial charge in [-0.15, -0.1) is 0 Å². The van der Waals surface area contributed by atoms with Gasteiger partial charge in [0.15, 0.2) is 10.9 Å². The molecule has 0 aliphatic rings. The number of thioether (sulfide) groups is 1. The molecule has 28 heavy (non-hydrogen) atoms. The summed E-state index contributed by atoms with van der Waals surface area (Å²) in [4.78, 5) is 19.5. The Bertz CT molecular complexity index is 944. The fourth-order valence-electron chi connectivity index (χ4n) is 2.17. The minimum atomic E-state index is -4.66. The maximum atomic E-state index is 13.1. The SMILES string of the molecule is O=C(CSc1nc(-c2ccco2)cc(C(F)(F)F)n1)NCc1ccc(F)cc1. The number of hydrogen-bond donors (Lipinski definition) is 1. The second-order valence-corrected chi connectivity index (χ2v) is 6.53. The van der Waals surface area contributed by atoms with Gasteiger partial charge in [0.05, 0.1) is 12.0 Å². The standard InChI is InChI=1S/C18H13F4N3O2S/c19-12-5-3-11(4-6-12)9-23-16(26)10-28-17-24-13(14-2-1-7-27-14)8-15(25-17)18(20,21)22/h1-8H,9-10H2,(H,23,26). The number of amides is 1. The molecule has 0 spiro atoms. The smallest absolute Gasteiger partial charge is 0.433 e. The van der Waals surface area contributed by atoms with Crippen molar-refractivity contribution in [3.8, 4) is 11.5 Å². The van der Waals surface area contributed by atoms with Crippen molar-refractivity contribution in [3.63, 3.8) is 0 Å². The van der Waals surface area contributed by atoms with Crippen molar-refractivity contribution in [2.75, 3.05) is 5.75 Å². The molecule has 0 bridgehead atoms.